The maximum Gasteiger partial charge on any atom is 0.330 e. The van der Waals surface area contributed by atoms with E-state index in [4.69, 9.17) is 9.47 Å². The number of carbonyl (C=O) groups excluding carboxylic acids is 1. The molecular weight excluding hydrogens is 300 g/mol. The average Bonchev–Trinajstić information content (AvgIpc) is 3.34. The van der Waals surface area contributed by atoms with Crippen molar-refractivity contribution in [3.8, 4) is 0 Å². The molecule has 3 heteroatoms. The molecule has 0 amide bonds. The average molecular weight is 337 g/mol. The summed E-state index contributed by atoms with van der Waals surface area (Å²) >= 11 is 0. The van der Waals surface area contributed by atoms with Crippen LogP contribution >= 0.6 is 0 Å². The van der Waals surface area contributed by atoms with Crippen LogP contribution in [0.15, 0.2) is 24.8 Å². The summed E-state index contributed by atoms with van der Waals surface area (Å²) in [6.07, 6.45) is 21.5. The van der Waals surface area contributed by atoms with Crippen LogP contribution in [0.5, 0.6) is 0 Å². The molecule has 0 aromatic carbocycles. The van der Waals surface area contributed by atoms with Gasteiger partial charge in [-0.15, -0.1) is 0 Å². The van der Waals surface area contributed by atoms with Crippen molar-refractivity contribution in [1.82, 2.24) is 0 Å². The molecule has 0 bridgehead atoms. The van der Waals surface area contributed by atoms with Gasteiger partial charge in [-0.25, -0.2) is 4.79 Å². The summed E-state index contributed by atoms with van der Waals surface area (Å²) in [4.78, 5) is 10.8. The number of rotatable bonds is 16. The number of hydrogen-bond acceptors (Lipinski definition) is 3. The Morgan fingerprint density at radius 1 is 1.00 bits per heavy atom. The van der Waals surface area contributed by atoms with Gasteiger partial charge in [0.15, 0.2) is 0 Å². The normalized spacial score (nSPS) is 19.5. The molecule has 1 saturated heterocycles. The van der Waals surface area contributed by atoms with Crippen LogP contribution in [-0.4, -0.2) is 24.8 Å². The van der Waals surface area contributed by atoms with Crippen LogP contribution in [0.1, 0.15) is 84.0 Å². The molecule has 138 valence electrons. The molecule has 0 spiro atoms. The van der Waals surface area contributed by atoms with E-state index in [1.165, 1.54) is 63.9 Å². The van der Waals surface area contributed by atoms with Crippen LogP contribution in [0.4, 0.5) is 0 Å². The standard InChI is InChI=1S/C21H36O3/c1-3-5-13-16-19-20(24-19)17-14-11-9-7-6-8-10-12-15-18-23-21(22)4-2/h4,11,14,19-20H,2-3,5-10,12-13,15-18H2,1H3. The van der Waals surface area contributed by atoms with Crippen molar-refractivity contribution in [2.75, 3.05) is 6.61 Å². The maximum atomic E-state index is 10.8. The highest BCUT2D eigenvalue weighted by atomic mass is 16.6. The van der Waals surface area contributed by atoms with Crippen molar-refractivity contribution in [1.29, 1.82) is 0 Å². The molecule has 0 saturated carbocycles. The number of allylic oxidation sites excluding steroid dienone is 1. The van der Waals surface area contributed by atoms with Crippen LogP contribution in [0, 0.1) is 0 Å². The van der Waals surface area contributed by atoms with Crippen molar-refractivity contribution in [3.05, 3.63) is 24.8 Å². The number of unbranched alkanes of at least 4 members (excludes halogenated alkanes) is 8. The van der Waals surface area contributed by atoms with Gasteiger partial charge in [0.1, 0.15) is 0 Å². The Morgan fingerprint density at radius 3 is 2.50 bits per heavy atom. The molecule has 0 radical (unpaired) electrons. The van der Waals surface area contributed by atoms with Crippen LogP contribution in [0.25, 0.3) is 0 Å². The van der Waals surface area contributed by atoms with Gasteiger partial charge < -0.3 is 9.47 Å². The number of epoxide rings is 1. The summed E-state index contributed by atoms with van der Waals surface area (Å²) < 4.78 is 10.6. The second-order valence-corrected chi connectivity index (χ2v) is 6.70. The predicted octanol–water partition coefficient (Wildman–Crippen LogP) is 5.74. The van der Waals surface area contributed by atoms with Crippen molar-refractivity contribution in [3.63, 3.8) is 0 Å². The first-order valence-corrected chi connectivity index (χ1v) is 9.87. The quantitative estimate of drug-likeness (QED) is 0.119. The van der Waals surface area contributed by atoms with E-state index in [0.29, 0.717) is 18.8 Å². The summed E-state index contributed by atoms with van der Waals surface area (Å²) in [5.41, 5.74) is 0. The van der Waals surface area contributed by atoms with Crippen molar-refractivity contribution in [2.45, 2.75) is 96.2 Å². The Hall–Kier alpha value is -1.09. The zero-order valence-electron chi connectivity index (χ0n) is 15.5. The van der Waals surface area contributed by atoms with Gasteiger partial charge in [0.05, 0.1) is 18.8 Å². The van der Waals surface area contributed by atoms with E-state index < -0.39 is 0 Å². The Balaban J connectivity index is 1.78. The molecule has 0 N–H and O–H groups in total. The third-order valence-corrected chi connectivity index (χ3v) is 4.49. The molecule has 2 unspecified atom stereocenters. The largest absolute Gasteiger partial charge is 0.463 e. The fraction of sp³-hybridized carbons (Fsp3) is 0.762. The minimum atomic E-state index is -0.314. The zero-order chi connectivity index (χ0) is 17.5. The third-order valence-electron chi connectivity index (χ3n) is 4.49. The number of carbonyl (C=O) groups is 1. The first-order chi connectivity index (χ1) is 11.8. The zero-order valence-corrected chi connectivity index (χ0v) is 15.5. The lowest BCUT2D eigenvalue weighted by Gasteiger charge is -2.02. The highest BCUT2D eigenvalue weighted by molar-refractivity contribution is 5.81. The van der Waals surface area contributed by atoms with Gasteiger partial charge in [-0.1, -0.05) is 70.6 Å². The molecule has 1 heterocycles. The first-order valence-electron chi connectivity index (χ1n) is 9.87. The first kappa shape index (κ1) is 21.0. The molecule has 0 aromatic rings. The molecule has 1 aliphatic heterocycles. The van der Waals surface area contributed by atoms with Gasteiger partial charge in [-0.2, -0.15) is 0 Å². The van der Waals surface area contributed by atoms with E-state index in [-0.39, 0.29) is 5.97 Å². The van der Waals surface area contributed by atoms with Crippen molar-refractivity contribution in [2.24, 2.45) is 0 Å². The lowest BCUT2D eigenvalue weighted by Crippen LogP contribution is -2.01. The number of hydrogen-bond donors (Lipinski definition) is 0. The molecule has 1 rings (SSSR count). The van der Waals surface area contributed by atoms with Gasteiger partial charge in [0.25, 0.3) is 0 Å². The van der Waals surface area contributed by atoms with Crippen LogP contribution in [-0.2, 0) is 14.3 Å². The molecule has 3 nitrogen and oxygen atoms in total. The monoisotopic (exact) mass is 336 g/mol. The highest BCUT2D eigenvalue weighted by Gasteiger charge is 2.36. The van der Waals surface area contributed by atoms with Gasteiger partial charge in [-0.05, 0) is 32.1 Å². The molecule has 1 fully saturated rings. The lowest BCUT2D eigenvalue weighted by molar-refractivity contribution is -0.137. The fourth-order valence-corrected chi connectivity index (χ4v) is 2.89. The SMILES string of the molecule is C=CC(=O)OCCCCCCCCC=CCC1OC1CCCCC. The van der Waals surface area contributed by atoms with E-state index in [1.54, 1.807) is 0 Å². The van der Waals surface area contributed by atoms with Crippen LogP contribution in [0.2, 0.25) is 0 Å². The maximum absolute atomic E-state index is 10.8. The predicted molar refractivity (Wildman–Crippen MR) is 100 cm³/mol. The van der Waals surface area contributed by atoms with Gasteiger partial charge >= 0.3 is 5.97 Å². The Labute approximate surface area is 148 Å². The topological polar surface area (TPSA) is 38.8 Å². The third kappa shape index (κ3) is 11.4. The second kappa shape index (κ2) is 14.3. The van der Waals surface area contributed by atoms with Crippen LogP contribution < -0.4 is 0 Å². The summed E-state index contributed by atoms with van der Waals surface area (Å²) in [5.74, 6) is -0.314. The minimum Gasteiger partial charge on any atom is -0.463 e. The van der Waals surface area contributed by atoms with Crippen molar-refractivity contribution >= 4 is 5.97 Å². The van der Waals surface area contributed by atoms with E-state index in [9.17, 15) is 4.79 Å². The minimum absolute atomic E-state index is 0.314. The molecule has 0 aromatic heterocycles. The van der Waals surface area contributed by atoms with E-state index >= 15 is 0 Å². The van der Waals surface area contributed by atoms with Crippen molar-refractivity contribution < 1.29 is 14.3 Å². The molecule has 24 heavy (non-hydrogen) atoms. The summed E-state index contributed by atoms with van der Waals surface area (Å²) in [5, 5.41) is 0. The summed E-state index contributed by atoms with van der Waals surface area (Å²) in [6.45, 7) is 6.14. The Kier molecular flexibility index (Phi) is 12.5. The Morgan fingerprint density at radius 2 is 1.75 bits per heavy atom. The Bertz CT molecular complexity index is 362. The van der Waals surface area contributed by atoms with Gasteiger partial charge in [0, 0.05) is 6.08 Å². The van der Waals surface area contributed by atoms with Crippen LogP contribution in [0.3, 0.4) is 0 Å². The number of esters is 1. The molecular formula is C21H36O3. The second-order valence-electron chi connectivity index (χ2n) is 6.70. The smallest absolute Gasteiger partial charge is 0.330 e. The van der Waals surface area contributed by atoms with Gasteiger partial charge in [0.2, 0.25) is 0 Å². The lowest BCUT2D eigenvalue weighted by atomic mass is 10.1. The summed E-state index contributed by atoms with van der Waals surface area (Å²) in [7, 11) is 0. The van der Waals surface area contributed by atoms with E-state index in [0.717, 1.165) is 19.3 Å². The van der Waals surface area contributed by atoms with E-state index in [2.05, 4.69) is 25.7 Å². The molecule has 1 aliphatic rings. The highest BCUT2D eigenvalue weighted by Crippen LogP contribution is 2.30. The summed E-state index contributed by atoms with van der Waals surface area (Å²) in [6, 6.07) is 0. The fourth-order valence-electron chi connectivity index (χ4n) is 2.89. The number of ether oxygens (including phenoxy) is 2. The van der Waals surface area contributed by atoms with E-state index in [1.807, 2.05) is 0 Å². The molecule has 0 aliphatic carbocycles. The van der Waals surface area contributed by atoms with Gasteiger partial charge in [-0.3, -0.25) is 0 Å². The molecule has 2 atom stereocenters.